The monoisotopic (exact) mass is 263 g/mol. The van der Waals surface area contributed by atoms with Gasteiger partial charge in [0.1, 0.15) is 5.75 Å². The van der Waals surface area contributed by atoms with E-state index in [1.54, 1.807) is 0 Å². The summed E-state index contributed by atoms with van der Waals surface area (Å²) in [6.07, 6.45) is 0. The predicted octanol–water partition coefficient (Wildman–Crippen LogP) is 2.95. The highest BCUT2D eigenvalue weighted by Crippen LogP contribution is 2.20. The van der Waals surface area contributed by atoms with Crippen molar-refractivity contribution in [1.82, 2.24) is 0 Å². The lowest BCUT2D eigenvalue weighted by Crippen LogP contribution is -2.27. The number of anilines is 1. The summed E-state index contributed by atoms with van der Waals surface area (Å²) in [6, 6.07) is 9.26. The Hall–Kier alpha value is -2.43. The number of carbonyl (C=O) groups is 1. The van der Waals surface area contributed by atoms with Crippen LogP contribution in [0.5, 0.6) is 5.75 Å². The lowest BCUT2D eigenvalue weighted by molar-refractivity contribution is 0.0988. The van der Waals surface area contributed by atoms with Crippen LogP contribution in [0.4, 0.5) is 14.5 Å². The Morgan fingerprint density at radius 1 is 1.11 bits per heavy atom. The van der Waals surface area contributed by atoms with Gasteiger partial charge >= 0.3 is 0 Å². The van der Waals surface area contributed by atoms with Gasteiger partial charge in [0, 0.05) is 12.7 Å². The zero-order valence-electron chi connectivity index (χ0n) is 10.1. The summed E-state index contributed by atoms with van der Waals surface area (Å²) < 4.78 is 26.6. The SMILES string of the molecule is CN(C(=O)c1cccc(F)c1F)c1ccc(O)cc1. The van der Waals surface area contributed by atoms with Crippen LogP contribution in [0.15, 0.2) is 42.5 Å². The number of nitrogens with zero attached hydrogens (tertiary/aromatic N) is 1. The van der Waals surface area contributed by atoms with Gasteiger partial charge in [-0.3, -0.25) is 4.79 Å². The molecule has 2 rings (SSSR count). The fourth-order valence-corrected chi connectivity index (χ4v) is 1.64. The van der Waals surface area contributed by atoms with E-state index in [4.69, 9.17) is 5.11 Å². The average Bonchev–Trinajstić information content (AvgIpc) is 2.41. The maximum absolute atomic E-state index is 13.5. The van der Waals surface area contributed by atoms with Crippen molar-refractivity contribution in [2.75, 3.05) is 11.9 Å². The van der Waals surface area contributed by atoms with Gasteiger partial charge in [-0.05, 0) is 36.4 Å². The maximum Gasteiger partial charge on any atom is 0.261 e. The molecule has 0 bridgehead atoms. The molecule has 2 aromatic carbocycles. The summed E-state index contributed by atoms with van der Waals surface area (Å²) in [7, 11) is 1.44. The topological polar surface area (TPSA) is 40.5 Å². The number of phenols is 1. The van der Waals surface area contributed by atoms with Gasteiger partial charge in [-0.15, -0.1) is 0 Å². The molecule has 0 aliphatic heterocycles. The summed E-state index contributed by atoms with van der Waals surface area (Å²) in [4.78, 5) is 13.2. The second-order valence-electron chi connectivity index (χ2n) is 3.98. The Morgan fingerprint density at radius 3 is 2.37 bits per heavy atom. The highest BCUT2D eigenvalue weighted by atomic mass is 19.2. The number of rotatable bonds is 2. The Bertz CT molecular complexity index is 611. The quantitative estimate of drug-likeness (QED) is 0.905. The molecule has 1 N–H and O–H groups in total. The van der Waals surface area contributed by atoms with Gasteiger partial charge in [0.05, 0.1) is 5.56 Å². The van der Waals surface area contributed by atoms with Crippen molar-refractivity contribution < 1.29 is 18.7 Å². The summed E-state index contributed by atoms with van der Waals surface area (Å²) in [5.41, 5.74) is 0.127. The Morgan fingerprint density at radius 2 is 1.74 bits per heavy atom. The van der Waals surface area contributed by atoms with E-state index in [1.807, 2.05) is 0 Å². The molecule has 0 aromatic heterocycles. The molecule has 0 fully saturated rings. The summed E-state index contributed by atoms with van der Waals surface area (Å²) in [6.45, 7) is 0. The minimum atomic E-state index is -1.17. The van der Waals surface area contributed by atoms with Crippen LogP contribution >= 0.6 is 0 Å². The van der Waals surface area contributed by atoms with Crippen LogP contribution in [0.2, 0.25) is 0 Å². The molecule has 3 nitrogen and oxygen atoms in total. The van der Waals surface area contributed by atoms with Gasteiger partial charge in [-0.25, -0.2) is 8.78 Å². The van der Waals surface area contributed by atoms with Gasteiger partial charge < -0.3 is 10.0 Å². The number of amides is 1. The van der Waals surface area contributed by atoms with E-state index in [0.717, 1.165) is 6.07 Å². The fourth-order valence-electron chi connectivity index (χ4n) is 1.64. The lowest BCUT2D eigenvalue weighted by atomic mass is 10.1. The molecule has 0 spiro atoms. The molecule has 5 heteroatoms. The van der Waals surface area contributed by atoms with E-state index >= 15 is 0 Å². The Labute approximate surface area is 108 Å². The van der Waals surface area contributed by atoms with E-state index in [2.05, 4.69) is 0 Å². The van der Waals surface area contributed by atoms with Crippen LogP contribution in [0, 0.1) is 11.6 Å². The normalized spacial score (nSPS) is 10.3. The first-order valence-corrected chi connectivity index (χ1v) is 5.52. The highest BCUT2D eigenvalue weighted by molar-refractivity contribution is 6.05. The second kappa shape index (κ2) is 5.06. The molecule has 0 saturated carbocycles. The predicted molar refractivity (Wildman–Crippen MR) is 67.2 cm³/mol. The number of carbonyl (C=O) groups excluding carboxylic acids is 1. The van der Waals surface area contributed by atoms with E-state index in [1.165, 1.54) is 48.3 Å². The molecule has 0 unspecified atom stereocenters. The number of hydrogen-bond donors (Lipinski definition) is 1. The zero-order valence-corrected chi connectivity index (χ0v) is 10.1. The van der Waals surface area contributed by atoms with Crippen molar-refractivity contribution >= 4 is 11.6 Å². The Balaban J connectivity index is 2.33. The fraction of sp³-hybridized carbons (Fsp3) is 0.0714. The number of benzene rings is 2. The van der Waals surface area contributed by atoms with Crippen LogP contribution in [0.25, 0.3) is 0 Å². The molecule has 0 saturated heterocycles. The van der Waals surface area contributed by atoms with Crippen LogP contribution in [0.3, 0.4) is 0 Å². The van der Waals surface area contributed by atoms with Gasteiger partial charge in [0.2, 0.25) is 0 Å². The molecule has 2 aromatic rings. The summed E-state index contributed by atoms with van der Waals surface area (Å²) in [5, 5.41) is 9.16. The number of aromatic hydroxyl groups is 1. The van der Waals surface area contributed by atoms with Gasteiger partial charge in [0.25, 0.3) is 5.91 Å². The minimum absolute atomic E-state index is 0.0570. The molecule has 0 aliphatic carbocycles. The van der Waals surface area contributed by atoms with Gasteiger partial charge in [0.15, 0.2) is 11.6 Å². The number of halogens is 2. The van der Waals surface area contributed by atoms with Gasteiger partial charge in [-0.2, -0.15) is 0 Å². The molecule has 0 heterocycles. The minimum Gasteiger partial charge on any atom is -0.508 e. The van der Waals surface area contributed by atoms with Crippen molar-refractivity contribution in [3.63, 3.8) is 0 Å². The van der Waals surface area contributed by atoms with E-state index in [0.29, 0.717) is 5.69 Å². The van der Waals surface area contributed by atoms with Crippen molar-refractivity contribution in [3.8, 4) is 5.75 Å². The average molecular weight is 263 g/mol. The highest BCUT2D eigenvalue weighted by Gasteiger charge is 2.19. The van der Waals surface area contributed by atoms with Crippen LogP contribution in [-0.2, 0) is 0 Å². The van der Waals surface area contributed by atoms with Crippen LogP contribution in [-0.4, -0.2) is 18.1 Å². The summed E-state index contributed by atoms with van der Waals surface area (Å²) in [5.74, 6) is -2.84. The van der Waals surface area contributed by atoms with Crippen LogP contribution in [0.1, 0.15) is 10.4 Å². The third-order valence-corrected chi connectivity index (χ3v) is 2.72. The third kappa shape index (κ3) is 2.54. The molecule has 1 amide bonds. The van der Waals surface area contributed by atoms with Crippen molar-refractivity contribution in [1.29, 1.82) is 0 Å². The van der Waals surface area contributed by atoms with Gasteiger partial charge in [-0.1, -0.05) is 6.07 Å². The standard InChI is InChI=1S/C14H11F2NO2/c1-17(9-5-7-10(18)8-6-9)14(19)11-3-2-4-12(15)13(11)16/h2-8,18H,1H3. The molecule has 0 aliphatic rings. The molecule has 0 radical (unpaired) electrons. The van der Waals surface area contributed by atoms with Crippen molar-refractivity contribution in [3.05, 3.63) is 59.7 Å². The maximum atomic E-state index is 13.5. The van der Waals surface area contributed by atoms with E-state index in [9.17, 15) is 13.6 Å². The number of phenolic OH excluding ortho intramolecular Hbond substituents is 1. The number of hydrogen-bond acceptors (Lipinski definition) is 2. The molecule has 0 atom stereocenters. The first-order valence-electron chi connectivity index (χ1n) is 5.52. The Kier molecular flexibility index (Phi) is 3.46. The third-order valence-electron chi connectivity index (χ3n) is 2.72. The molecule has 19 heavy (non-hydrogen) atoms. The summed E-state index contributed by atoms with van der Waals surface area (Å²) >= 11 is 0. The zero-order chi connectivity index (χ0) is 14.0. The molecular formula is C14H11F2NO2. The second-order valence-corrected chi connectivity index (χ2v) is 3.98. The lowest BCUT2D eigenvalue weighted by Gasteiger charge is -2.17. The first-order chi connectivity index (χ1) is 9.00. The smallest absolute Gasteiger partial charge is 0.261 e. The molecular weight excluding hydrogens is 252 g/mol. The van der Waals surface area contributed by atoms with Crippen LogP contribution < -0.4 is 4.90 Å². The van der Waals surface area contributed by atoms with Crippen molar-refractivity contribution in [2.24, 2.45) is 0 Å². The van der Waals surface area contributed by atoms with Crippen molar-refractivity contribution in [2.45, 2.75) is 0 Å². The first kappa shape index (κ1) is 13.0. The largest absolute Gasteiger partial charge is 0.508 e. The van der Waals surface area contributed by atoms with E-state index < -0.39 is 17.5 Å². The van der Waals surface area contributed by atoms with E-state index in [-0.39, 0.29) is 11.3 Å². The molecule has 98 valence electrons.